The molecule has 0 bridgehead atoms. The fourth-order valence-corrected chi connectivity index (χ4v) is 4.14. The van der Waals surface area contributed by atoms with Crippen LogP contribution in [-0.4, -0.2) is 13.0 Å². The molecule has 0 saturated carbocycles. The Hall–Kier alpha value is -4.73. The van der Waals surface area contributed by atoms with Gasteiger partial charge in [0, 0.05) is 16.3 Å². The van der Waals surface area contributed by atoms with E-state index in [0.717, 1.165) is 22.3 Å². The summed E-state index contributed by atoms with van der Waals surface area (Å²) in [4.78, 5) is 12.9. The number of benzene rings is 4. The van der Waals surface area contributed by atoms with Crippen LogP contribution in [-0.2, 0) is 18.0 Å². The van der Waals surface area contributed by atoms with Crippen molar-refractivity contribution < 1.29 is 19.0 Å². The second kappa shape index (κ2) is 13.4. The minimum Gasteiger partial charge on any atom is -0.493 e. The van der Waals surface area contributed by atoms with Crippen molar-refractivity contribution in [2.45, 2.75) is 27.1 Å². The maximum Gasteiger partial charge on any atom is 0.266 e. The lowest BCUT2D eigenvalue weighted by Gasteiger charge is -2.14. The lowest BCUT2D eigenvalue weighted by atomic mass is 10.1. The number of nitrogens with zero attached hydrogens (tertiary/aromatic N) is 1. The number of carbonyl (C=O) groups excluding carboxylic acids is 1. The lowest BCUT2D eigenvalue weighted by molar-refractivity contribution is -0.112. The van der Waals surface area contributed by atoms with Gasteiger partial charge in [-0.2, -0.15) is 5.26 Å². The molecule has 4 rings (SSSR count). The first-order valence-corrected chi connectivity index (χ1v) is 13.0. The number of hydrogen-bond donors (Lipinski definition) is 1. The Labute approximate surface area is 239 Å². The molecule has 1 amide bonds. The molecule has 0 aliphatic rings. The first kappa shape index (κ1) is 28.3. The lowest BCUT2D eigenvalue weighted by Crippen LogP contribution is -2.14. The maximum atomic E-state index is 12.9. The fraction of sp³-hybridized carbons (Fsp3) is 0.152. The number of nitrogens with one attached hydrogen (secondary N) is 1. The van der Waals surface area contributed by atoms with E-state index in [-0.39, 0.29) is 12.2 Å². The Bertz CT molecular complexity index is 1580. The van der Waals surface area contributed by atoms with Gasteiger partial charge in [-0.3, -0.25) is 4.79 Å². The summed E-state index contributed by atoms with van der Waals surface area (Å²) in [5.74, 6) is 1.17. The van der Waals surface area contributed by atoms with Crippen molar-refractivity contribution in [1.29, 1.82) is 5.26 Å². The summed E-state index contributed by atoms with van der Waals surface area (Å²) in [5.41, 5.74) is 4.97. The molecule has 0 aliphatic heterocycles. The Kier molecular flexibility index (Phi) is 9.45. The number of methoxy groups -OCH3 is 1. The third-order valence-corrected chi connectivity index (χ3v) is 6.58. The van der Waals surface area contributed by atoms with Crippen molar-refractivity contribution >= 4 is 29.3 Å². The van der Waals surface area contributed by atoms with E-state index in [1.807, 2.05) is 80.6 Å². The highest BCUT2D eigenvalue weighted by atomic mass is 35.5. The predicted molar refractivity (Wildman–Crippen MR) is 158 cm³/mol. The van der Waals surface area contributed by atoms with Crippen LogP contribution < -0.4 is 19.5 Å². The van der Waals surface area contributed by atoms with E-state index in [1.165, 1.54) is 6.08 Å². The highest BCUT2D eigenvalue weighted by Crippen LogP contribution is 2.31. The van der Waals surface area contributed by atoms with E-state index in [0.29, 0.717) is 40.1 Å². The molecule has 6 nitrogen and oxygen atoms in total. The second-order valence-electron chi connectivity index (χ2n) is 9.10. The molecule has 4 aromatic rings. The average Bonchev–Trinajstić information content (AvgIpc) is 2.97. The molecule has 0 aromatic heterocycles. The summed E-state index contributed by atoms with van der Waals surface area (Å²) >= 11 is 6.24. The van der Waals surface area contributed by atoms with Gasteiger partial charge in [0.05, 0.1) is 7.11 Å². The monoisotopic (exact) mass is 552 g/mol. The van der Waals surface area contributed by atoms with E-state index in [9.17, 15) is 10.1 Å². The largest absolute Gasteiger partial charge is 0.493 e. The molecular formula is C33H29ClN2O4. The zero-order chi connectivity index (χ0) is 28.5. The molecule has 202 valence electrons. The van der Waals surface area contributed by atoms with Gasteiger partial charge in [0.25, 0.3) is 5.91 Å². The highest BCUT2D eigenvalue weighted by Gasteiger charge is 2.14. The van der Waals surface area contributed by atoms with Gasteiger partial charge >= 0.3 is 0 Å². The summed E-state index contributed by atoms with van der Waals surface area (Å²) in [6.45, 7) is 4.52. The van der Waals surface area contributed by atoms with Crippen LogP contribution in [0.4, 0.5) is 5.69 Å². The molecule has 4 aromatic carbocycles. The number of anilines is 1. The zero-order valence-corrected chi connectivity index (χ0v) is 23.3. The molecule has 0 aliphatic carbocycles. The first-order valence-electron chi connectivity index (χ1n) is 12.6. The van der Waals surface area contributed by atoms with E-state index >= 15 is 0 Å². The molecule has 0 radical (unpaired) electrons. The van der Waals surface area contributed by atoms with Crippen molar-refractivity contribution in [3.8, 4) is 23.3 Å². The van der Waals surface area contributed by atoms with Gasteiger partial charge in [0.2, 0.25) is 0 Å². The van der Waals surface area contributed by atoms with Crippen LogP contribution in [0, 0.1) is 25.2 Å². The van der Waals surface area contributed by atoms with Gasteiger partial charge in [0.15, 0.2) is 11.5 Å². The van der Waals surface area contributed by atoms with Crippen molar-refractivity contribution in [1.82, 2.24) is 0 Å². The van der Waals surface area contributed by atoms with E-state index in [2.05, 4.69) is 5.32 Å². The van der Waals surface area contributed by atoms with Gasteiger partial charge in [-0.25, -0.2) is 0 Å². The van der Waals surface area contributed by atoms with E-state index < -0.39 is 5.91 Å². The number of rotatable bonds is 10. The number of aryl methyl sites for hydroxylation is 1. The first-order chi connectivity index (χ1) is 19.4. The fourth-order valence-electron chi connectivity index (χ4n) is 3.96. The van der Waals surface area contributed by atoms with Crippen LogP contribution in [0.2, 0.25) is 5.02 Å². The smallest absolute Gasteiger partial charge is 0.266 e. The van der Waals surface area contributed by atoms with Crippen molar-refractivity contribution in [2.75, 3.05) is 12.4 Å². The third kappa shape index (κ3) is 7.22. The molecule has 0 fully saturated rings. The van der Waals surface area contributed by atoms with Crippen molar-refractivity contribution in [3.63, 3.8) is 0 Å². The topological polar surface area (TPSA) is 80.6 Å². The van der Waals surface area contributed by atoms with Crippen LogP contribution >= 0.6 is 11.6 Å². The molecule has 7 heteroatoms. The number of carbonyl (C=O) groups is 1. The van der Waals surface area contributed by atoms with Gasteiger partial charge < -0.3 is 19.5 Å². The number of halogens is 1. The predicted octanol–water partition coefficient (Wildman–Crippen LogP) is 7.67. The molecule has 0 heterocycles. The van der Waals surface area contributed by atoms with Gasteiger partial charge in [-0.05, 0) is 78.6 Å². The minimum absolute atomic E-state index is 0.0744. The molecule has 0 saturated heterocycles. The Morgan fingerprint density at radius 1 is 0.875 bits per heavy atom. The Morgan fingerprint density at radius 3 is 2.35 bits per heavy atom. The van der Waals surface area contributed by atoms with Crippen LogP contribution in [0.5, 0.6) is 17.2 Å². The Morgan fingerprint density at radius 2 is 1.60 bits per heavy atom. The van der Waals surface area contributed by atoms with Crippen LogP contribution in [0.3, 0.4) is 0 Å². The van der Waals surface area contributed by atoms with Gasteiger partial charge in [-0.1, -0.05) is 60.1 Å². The average molecular weight is 553 g/mol. The Balaban J connectivity index is 1.49. The summed E-state index contributed by atoms with van der Waals surface area (Å²) in [7, 11) is 1.59. The molecule has 0 atom stereocenters. The quantitative estimate of drug-likeness (QED) is 0.161. The van der Waals surface area contributed by atoms with Crippen LogP contribution in [0.15, 0.2) is 90.5 Å². The van der Waals surface area contributed by atoms with Gasteiger partial charge in [-0.15, -0.1) is 0 Å². The number of hydrogen-bond acceptors (Lipinski definition) is 5. The summed E-state index contributed by atoms with van der Waals surface area (Å²) in [5, 5.41) is 13.0. The molecule has 0 spiro atoms. The van der Waals surface area contributed by atoms with E-state index in [4.69, 9.17) is 25.8 Å². The molecule has 1 N–H and O–H groups in total. The normalized spacial score (nSPS) is 10.9. The molecule has 40 heavy (non-hydrogen) atoms. The third-order valence-electron chi connectivity index (χ3n) is 6.35. The minimum atomic E-state index is -0.516. The summed E-state index contributed by atoms with van der Waals surface area (Å²) in [6, 6.07) is 28.1. The molecule has 0 unspecified atom stereocenters. The van der Waals surface area contributed by atoms with Gasteiger partial charge in [0.1, 0.15) is 30.6 Å². The number of ether oxygens (including phenoxy) is 3. The number of nitriles is 1. The second-order valence-corrected chi connectivity index (χ2v) is 9.54. The van der Waals surface area contributed by atoms with Crippen LogP contribution in [0.1, 0.15) is 27.8 Å². The summed E-state index contributed by atoms with van der Waals surface area (Å²) in [6.07, 6.45) is 1.47. The molecular weight excluding hydrogens is 524 g/mol. The summed E-state index contributed by atoms with van der Waals surface area (Å²) < 4.78 is 17.6. The van der Waals surface area contributed by atoms with Crippen molar-refractivity contribution in [3.05, 3.63) is 123 Å². The van der Waals surface area contributed by atoms with E-state index in [1.54, 1.807) is 31.4 Å². The van der Waals surface area contributed by atoms with Crippen LogP contribution in [0.25, 0.3) is 6.08 Å². The van der Waals surface area contributed by atoms with Crippen molar-refractivity contribution in [2.24, 2.45) is 0 Å². The maximum absolute atomic E-state index is 12.9. The highest BCUT2D eigenvalue weighted by molar-refractivity contribution is 6.30. The number of amides is 1. The zero-order valence-electron chi connectivity index (χ0n) is 22.5. The SMILES string of the molecule is COc1cc(COc2ccc(Cl)cc2/C=C(/C#N)C(=O)Nc2cccc(C)c2C)ccc1OCc1ccccc1. The standard InChI is InChI=1S/C33H29ClN2O4/c1-22-8-7-11-29(23(22)2)36-33(37)27(19-35)17-26-18-28(34)13-15-30(26)39-21-25-12-14-31(32(16-25)38-3)40-20-24-9-5-4-6-10-24/h4-18H,20-21H2,1-3H3,(H,36,37)/b27-17-.